The van der Waals surface area contributed by atoms with Crippen LogP contribution in [0.1, 0.15) is 85.8 Å². The summed E-state index contributed by atoms with van der Waals surface area (Å²) in [6, 6.07) is 15.7. The number of hydrogen-bond acceptors (Lipinski definition) is 1. The second-order valence-corrected chi connectivity index (χ2v) is 18.9. The van der Waals surface area contributed by atoms with E-state index in [1.807, 2.05) is 0 Å². The molecule has 1 fully saturated rings. The fraction of sp³-hybridized carbons (Fsp3) is 0.340. The monoisotopic (exact) mass is 718 g/mol. The van der Waals surface area contributed by atoms with E-state index in [1.165, 1.54) is 27.2 Å². The molecule has 7 aliphatic rings. The highest BCUT2D eigenvalue weighted by Gasteiger charge is 2.52. The highest BCUT2D eigenvalue weighted by atomic mass is 15.0. The van der Waals surface area contributed by atoms with Gasteiger partial charge in [-0.3, -0.25) is 0 Å². The van der Waals surface area contributed by atoms with Crippen LogP contribution in [-0.4, -0.2) is 9.38 Å². The molecular formula is C53H54N2. The first kappa shape index (κ1) is 34.5. The summed E-state index contributed by atoms with van der Waals surface area (Å²) in [6.45, 7) is 14.2. The summed E-state index contributed by atoms with van der Waals surface area (Å²) in [4.78, 5) is 4.95. The zero-order valence-corrected chi connectivity index (χ0v) is 33.5. The van der Waals surface area contributed by atoms with Gasteiger partial charge in [-0.05, 0) is 111 Å². The van der Waals surface area contributed by atoms with Crippen molar-refractivity contribution in [2.75, 3.05) is 0 Å². The Labute approximate surface area is 327 Å². The number of rotatable bonds is 4. The van der Waals surface area contributed by atoms with Gasteiger partial charge in [-0.25, -0.2) is 4.98 Å². The van der Waals surface area contributed by atoms with Gasteiger partial charge in [0.15, 0.2) is 0 Å². The first-order chi connectivity index (χ1) is 26.5. The molecule has 0 N–H and O–H groups in total. The lowest BCUT2D eigenvalue weighted by molar-refractivity contribution is 0.479. The zero-order chi connectivity index (χ0) is 37.6. The Morgan fingerprint density at radius 2 is 1.11 bits per heavy atom. The molecule has 3 unspecified atom stereocenters. The lowest BCUT2D eigenvalue weighted by Gasteiger charge is -2.36. The van der Waals surface area contributed by atoms with Gasteiger partial charge in [0.2, 0.25) is 0 Å². The molecule has 0 saturated heterocycles. The van der Waals surface area contributed by atoms with Gasteiger partial charge in [-0.1, -0.05) is 161 Å². The molecule has 0 bridgehead atoms. The van der Waals surface area contributed by atoms with Crippen LogP contribution in [0, 0.1) is 34.5 Å². The van der Waals surface area contributed by atoms with Crippen molar-refractivity contribution >= 4 is 22.4 Å². The van der Waals surface area contributed by atoms with Gasteiger partial charge in [0, 0.05) is 36.1 Å². The minimum atomic E-state index is 0.198. The molecule has 10 rings (SSSR count). The van der Waals surface area contributed by atoms with E-state index in [1.54, 1.807) is 44.6 Å². The van der Waals surface area contributed by atoms with Crippen molar-refractivity contribution in [3.63, 3.8) is 0 Å². The maximum absolute atomic E-state index is 4.95. The average molecular weight is 719 g/mol. The fourth-order valence-electron chi connectivity index (χ4n) is 10.9. The van der Waals surface area contributed by atoms with Crippen LogP contribution >= 0.6 is 0 Å². The summed E-state index contributed by atoms with van der Waals surface area (Å²) in [5.41, 5.74) is 19.5. The van der Waals surface area contributed by atoms with Crippen LogP contribution in [0.25, 0.3) is 22.4 Å². The quantitative estimate of drug-likeness (QED) is 0.263. The third kappa shape index (κ3) is 5.70. The van der Waals surface area contributed by atoms with E-state index in [4.69, 9.17) is 4.98 Å². The van der Waals surface area contributed by atoms with E-state index in [0.29, 0.717) is 23.7 Å². The number of pyridine rings is 1. The summed E-state index contributed by atoms with van der Waals surface area (Å²) in [7, 11) is 0. The second kappa shape index (κ2) is 12.8. The molecule has 2 heterocycles. The van der Waals surface area contributed by atoms with Crippen LogP contribution in [-0.2, 0) is 0 Å². The van der Waals surface area contributed by atoms with Crippen LogP contribution in [0.5, 0.6) is 0 Å². The molecule has 3 aromatic rings. The number of allylic oxidation sites excluding steroid dienone is 20. The molecule has 2 aromatic heterocycles. The number of imidazole rings is 1. The van der Waals surface area contributed by atoms with Gasteiger partial charge in [-0.15, -0.1) is 0 Å². The average Bonchev–Trinajstić information content (AvgIpc) is 3.77. The summed E-state index contributed by atoms with van der Waals surface area (Å²) < 4.78 is 2.13. The summed E-state index contributed by atoms with van der Waals surface area (Å²) >= 11 is 0. The van der Waals surface area contributed by atoms with Crippen LogP contribution in [0.2, 0.25) is 0 Å². The minimum Gasteiger partial charge on any atom is -0.306 e. The van der Waals surface area contributed by atoms with Gasteiger partial charge < -0.3 is 4.40 Å². The van der Waals surface area contributed by atoms with Crippen LogP contribution in [0.15, 0.2) is 166 Å². The maximum Gasteiger partial charge on any atom is 0.137 e. The Morgan fingerprint density at radius 1 is 0.545 bits per heavy atom. The van der Waals surface area contributed by atoms with E-state index in [0.717, 1.165) is 49.9 Å². The first-order valence-electron chi connectivity index (χ1n) is 20.8. The molecule has 276 valence electrons. The number of hydrogen-bond donors (Lipinski definition) is 0. The van der Waals surface area contributed by atoms with Crippen molar-refractivity contribution < 1.29 is 0 Å². The standard InChI is InChI=1S/C53H54N2/c1-52(2,3)37-25-21-35(22-26-37)47-41-12-7-8-13-42(41)48(36-23-27-38(28-24-36)53(4,5)6)51-44-30-29-39(40-14-11-15-43(49(40)44)50(47)51)33-17-19-34(20-18-33)45-32-55-31-10-9-16-46(55)54-45/h7-17,19,21,23,25,27,29-32,40,49-51H,18,20,22,24,26,28H2,1-6H3/t40-,49?,50?,51?/m0/s1. The van der Waals surface area contributed by atoms with Crippen LogP contribution in [0.4, 0.5) is 0 Å². The van der Waals surface area contributed by atoms with E-state index >= 15 is 0 Å². The lowest BCUT2D eigenvalue weighted by atomic mass is 9.68. The zero-order valence-electron chi connectivity index (χ0n) is 33.5. The molecular weight excluding hydrogens is 665 g/mol. The first-order valence-corrected chi connectivity index (χ1v) is 20.8. The second-order valence-electron chi connectivity index (χ2n) is 18.9. The third-order valence-electron chi connectivity index (χ3n) is 13.8. The molecule has 1 saturated carbocycles. The number of benzene rings is 1. The van der Waals surface area contributed by atoms with E-state index in [2.05, 4.69) is 168 Å². The summed E-state index contributed by atoms with van der Waals surface area (Å²) in [5, 5.41) is 2.92. The predicted octanol–water partition coefficient (Wildman–Crippen LogP) is 11.7. The SMILES string of the molecule is CC(C)(C)C1=CC=C(C2=c3ccccc3=C(C3=CC=C(C(C)(C)C)CC3)C3C4=CC=C(C5=CC=C(c6cn7ccccc7n6)CC5)[C@@H]5C=CC=C(C23)C45)CC1. The molecule has 0 amide bonds. The largest absolute Gasteiger partial charge is 0.306 e. The molecule has 0 spiro atoms. The Kier molecular flexibility index (Phi) is 8.04. The molecule has 0 radical (unpaired) electrons. The summed E-state index contributed by atoms with van der Waals surface area (Å²) in [6.07, 6.45) is 38.1. The topological polar surface area (TPSA) is 17.3 Å². The smallest absolute Gasteiger partial charge is 0.137 e. The van der Waals surface area contributed by atoms with E-state index < -0.39 is 0 Å². The molecule has 55 heavy (non-hydrogen) atoms. The molecule has 2 heteroatoms. The van der Waals surface area contributed by atoms with Crippen molar-refractivity contribution in [3.05, 3.63) is 182 Å². The van der Waals surface area contributed by atoms with Gasteiger partial charge >= 0.3 is 0 Å². The van der Waals surface area contributed by atoms with Crippen LogP contribution in [0.3, 0.4) is 0 Å². The molecule has 4 atom stereocenters. The Morgan fingerprint density at radius 3 is 1.67 bits per heavy atom. The van der Waals surface area contributed by atoms with Crippen molar-refractivity contribution in [1.29, 1.82) is 0 Å². The fourth-order valence-corrected chi connectivity index (χ4v) is 10.9. The van der Waals surface area contributed by atoms with Gasteiger partial charge in [0.25, 0.3) is 0 Å². The Bertz CT molecular complexity index is 2580. The number of fused-ring (bicyclic) bond motifs is 5. The van der Waals surface area contributed by atoms with Gasteiger partial charge in [-0.2, -0.15) is 0 Å². The molecule has 1 aromatic carbocycles. The molecule has 0 aliphatic heterocycles. The maximum atomic E-state index is 4.95. The third-order valence-corrected chi connectivity index (χ3v) is 13.8. The summed E-state index contributed by atoms with van der Waals surface area (Å²) in [5.74, 6) is 1.42. The normalized spacial score (nSPS) is 26.0. The number of aromatic nitrogens is 2. The minimum absolute atomic E-state index is 0.198. The van der Waals surface area contributed by atoms with Gasteiger partial charge in [0.05, 0.1) is 5.69 Å². The van der Waals surface area contributed by atoms with Crippen molar-refractivity contribution in [3.8, 4) is 0 Å². The number of nitrogens with zero attached hydrogens (tertiary/aromatic N) is 2. The lowest BCUT2D eigenvalue weighted by Crippen LogP contribution is -2.40. The van der Waals surface area contributed by atoms with Crippen molar-refractivity contribution in [1.82, 2.24) is 9.38 Å². The van der Waals surface area contributed by atoms with Crippen molar-refractivity contribution in [2.45, 2.75) is 80.1 Å². The Hall–Kier alpha value is -4.95. The molecule has 2 nitrogen and oxygen atoms in total. The van der Waals surface area contributed by atoms with E-state index in [-0.39, 0.29) is 10.8 Å². The molecule has 7 aliphatic carbocycles. The highest BCUT2D eigenvalue weighted by Crippen LogP contribution is 2.62. The highest BCUT2D eigenvalue weighted by molar-refractivity contribution is 5.85. The Balaban J connectivity index is 1.12. The van der Waals surface area contributed by atoms with E-state index in [9.17, 15) is 0 Å². The van der Waals surface area contributed by atoms with Crippen LogP contribution < -0.4 is 10.4 Å². The van der Waals surface area contributed by atoms with Crippen molar-refractivity contribution in [2.24, 2.45) is 34.5 Å². The predicted molar refractivity (Wildman–Crippen MR) is 230 cm³/mol. The van der Waals surface area contributed by atoms with Gasteiger partial charge in [0.1, 0.15) is 5.65 Å².